The number of aliphatic carboxylic acids is 1. The minimum atomic E-state index is -0.685. The zero-order valence-electron chi connectivity index (χ0n) is 11.9. The van der Waals surface area contributed by atoms with Crippen LogP contribution in [0.25, 0.3) is 0 Å². The minimum absolute atomic E-state index is 0.196. The van der Waals surface area contributed by atoms with Crippen molar-refractivity contribution in [3.63, 3.8) is 0 Å². The van der Waals surface area contributed by atoms with Crippen molar-refractivity contribution in [3.8, 4) is 0 Å². The fourth-order valence-electron chi connectivity index (χ4n) is 2.78. The van der Waals surface area contributed by atoms with Gasteiger partial charge < -0.3 is 15.3 Å². The number of carboxylic acids is 1. The average Bonchev–Trinajstić information content (AvgIpc) is 2.38. The fraction of sp³-hybridized carbons (Fsp3) is 0.533. The molecule has 2 unspecified atom stereocenters. The highest BCUT2D eigenvalue weighted by Crippen LogP contribution is 2.32. The summed E-state index contributed by atoms with van der Waals surface area (Å²) in [6.45, 7) is 0. The van der Waals surface area contributed by atoms with Crippen LogP contribution in [-0.4, -0.2) is 31.2 Å². The van der Waals surface area contributed by atoms with Gasteiger partial charge in [-0.05, 0) is 37.5 Å². The van der Waals surface area contributed by atoms with E-state index >= 15 is 0 Å². The van der Waals surface area contributed by atoms with Crippen molar-refractivity contribution < 1.29 is 9.90 Å². The van der Waals surface area contributed by atoms with Crippen molar-refractivity contribution in [2.75, 3.05) is 24.3 Å². The molecular formula is C15H21ClN2O2. The maximum atomic E-state index is 11.1. The molecular weight excluding hydrogens is 276 g/mol. The Morgan fingerprint density at radius 3 is 2.80 bits per heavy atom. The van der Waals surface area contributed by atoms with E-state index in [1.807, 2.05) is 37.2 Å². The van der Waals surface area contributed by atoms with Gasteiger partial charge in [0.15, 0.2) is 0 Å². The van der Waals surface area contributed by atoms with E-state index in [1.165, 1.54) is 0 Å². The van der Waals surface area contributed by atoms with Gasteiger partial charge in [-0.3, -0.25) is 4.79 Å². The second kappa shape index (κ2) is 6.35. The average molecular weight is 297 g/mol. The van der Waals surface area contributed by atoms with Crippen LogP contribution in [0.4, 0.5) is 11.4 Å². The van der Waals surface area contributed by atoms with Crippen LogP contribution in [-0.2, 0) is 4.79 Å². The highest BCUT2D eigenvalue weighted by Gasteiger charge is 2.27. The number of nitrogens with one attached hydrogen (secondary N) is 1. The topological polar surface area (TPSA) is 52.6 Å². The normalized spacial score (nSPS) is 22.4. The van der Waals surface area contributed by atoms with E-state index in [9.17, 15) is 4.79 Å². The van der Waals surface area contributed by atoms with Crippen molar-refractivity contribution in [3.05, 3.63) is 23.2 Å². The number of hydrogen-bond acceptors (Lipinski definition) is 3. The van der Waals surface area contributed by atoms with Crippen molar-refractivity contribution in [2.45, 2.75) is 31.7 Å². The number of nitrogens with zero attached hydrogens (tertiary/aromatic N) is 1. The predicted octanol–water partition coefficient (Wildman–Crippen LogP) is 3.46. The van der Waals surface area contributed by atoms with Gasteiger partial charge in [0.1, 0.15) is 0 Å². The van der Waals surface area contributed by atoms with Crippen molar-refractivity contribution in [1.82, 2.24) is 0 Å². The summed E-state index contributed by atoms with van der Waals surface area (Å²) in [6.07, 6.45) is 3.41. The highest BCUT2D eigenvalue weighted by molar-refractivity contribution is 6.31. The maximum Gasteiger partial charge on any atom is 0.306 e. The molecule has 2 N–H and O–H groups in total. The predicted molar refractivity (Wildman–Crippen MR) is 82.8 cm³/mol. The molecule has 2 atom stereocenters. The van der Waals surface area contributed by atoms with Gasteiger partial charge in [0.25, 0.3) is 0 Å². The van der Waals surface area contributed by atoms with Crippen LogP contribution in [0.15, 0.2) is 18.2 Å². The molecule has 1 fully saturated rings. The molecule has 1 saturated carbocycles. The molecule has 0 spiro atoms. The van der Waals surface area contributed by atoms with Crippen LogP contribution in [0.3, 0.4) is 0 Å². The first kappa shape index (κ1) is 15.0. The molecule has 1 aliphatic carbocycles. The van der Waals surface area contributed by atoms with E-state index in [0.29, 0.717) is 11.4 Å². The smallest absolute Gasteiger partial charge is 0.306 e. The molecule has 20 heavy (non-hydrogen) atoms. The Hall–Kier alpha value is -1.42. The molecule has 0 aliphatic heterocycles. The quantitative estimate of drug-likeness (QED) is 0.893. The van der Waals surface area contributed by atoms with Gasteiger partial charge in [0.05, 0.1) is 17.3 Å². The summed E-state index contributed by atoms with van der Waals surface area (Å²) in [5.74, 6) is -0.918. The van der Waals surface area contributed by atoms with E-state index in [2.05, 4.69) is 5.32 Å². The molecule has 0 heterocycles. The fourth-order valence-corrected chi connectivity index (χ4v) is 2.95. The number of anilines is 2. The van der Waals surface area contributed by atoms with Crippen LogP contribution in [0.5, 0.6) is 0 Å². The molecule has 4 nitrogen and oxygen atoms in total. The second-order valence-electron chi connectivity index (χ2n) is 5.60. The summed E-state index contributed by atoms with van der Waals surface area (Å²) in [5, 5.41) is 13.3. The van der Waals surface area contributed by atoms with E-state index in [-0.39, 0.29) is 12.0 Å². The number of halogens is 1. The number of carboxylic acid groups (broad SMARTS) is 1. The van der Waals surface area contributed by atoms with Gasteiger partial charge in [0.2, 0.25) is 0 Å². The first-order chi connectivity index (χ1) is 9.47. The summed E-state index contributed by atoms with van der Waals surface area (Å²) >= 11 is 6.07. The van der Waals surface area contributed by atoms with E-state index in [4.69, 9.17) is 16.7 Å². The lowest BCUT2D eigenvalue weighted by Crippen LogP contribution is -2.31. The summed E-state index contributed by atoms with van der Waals surface area (Å²) in [4.78, 5) is 13.1. The molecule has 110 valence electrons. The number of carbonyl (C=O) groups is 1. The summed E-state index contributed by atoms with van der Waals surface area (Å²) in [5.41, 5.74) is 2.03. The molecule has 2 rings (SSSR count). The van der Waals surface area contributed by atoms with Crippen LogP contribution in [0, 0.1) is 5.92 Å². The van der Waals surface area contributed by atoms with Crippen molar-refractivity contribution in [2.24, 2.45) is 5.92 Å². The zero-order valence-corrected chi connectivity index (χ0v) is 12.7. The van der Waals surface area contributed by atoms with Gasteiger partial charge >= 0.3 is 5.97 Å². The third-order valence-electron chi connectivity index (χ3n) is 3.82. The third-order valence-corrected chi connectivity index (χ3v) is 4.06. The van der Waals surface area contributed by atoms with E-state index < -0.39 is 5.97 Å². The Labute approximate surface area is 124 Å². The molecule has 0 saturated heterocycles. The molecule has 5 heteroatoms. The monoisotopic (exact) mass is 296 g/mol. The van der Waals surface area contributed by atoms with Gasteiger partial charge in [0, 0.05) is 25.2 Å². The molecule has 0 bridgehead atoms. The van der Waals surface area contributed by atoms with Gasteiger partial charge in [-0.25, -0.2) is 0 Å². The minimum Gasteiger partial charge on any atom is -0.481 e. The number of rotatable bonds is 4. The Morgan fingerprint density at radius 2 is 2.15 bits per heavy atom. The van der Waals surface area contributed by atoms with Crippen LogP contribution >= 0.6 is 11.6 Å². The summed E-state index contributed by atoms with van der Waals surface area (Å²) in [6, 6.07) is 5.94. The lowest BCUT2D eigenvalue weighted by Gasteiger charge is -2.30. The largest absolute Gasteiger partial charge is 0.481 e. The standard InChI is InChI=1S/C15H21ClN2O2/c1-18(2)14-7-6-11(16)9-13(14)17-12-5-3-4-10(8-12)15(19)20/h6-7,9-10,12,17H,3-5,8H2,1-2H3,(H,19,20). The lowest BCUT2D eigenvalue weighted by atomic mass is 9.85. The first-order valence-corrected chi connectivity index (χ1v) is 7.31. The van der Waals surface area contributed by atoms with Gasteiger partial charge in [-0.15, -0.1) is 0 Å². The molecule has 0 radical (unpaired) electrons. The Morgan fingerprint density at radius 1 is 1.40 bits per heavy atom. The van der Waals surface area contributed by atoms with Crippen molar-refractivity contribution >= 4 is 28.9 Å². The highest BCUT2D eigenvalue weighted by atomic mass is 35.5. The number of benzene rings is 1. The zero-order chi connectivity index (χ0) is 14.7. The molecule has 0 aromatic heterocycles. The maximum absolute atomic E-state index is 11.1. The Balaban J connectivity index is 2.13. The SMILES string of the molecule is CN(C)c1ccc(Cl)cc1NC1CCCC(C(=O)O)C1. The first-order valence-electron chi connectivity index (χ1n) is 6.93. The van der Waals surface area contributed by atoms with Gasteiger partial charge in [-0.1, -0.05) is 18.0 Å². The van der Waals surface area contributed by atoms with Crippen molar-refractivity contribution in [1.29, 1.82) is 0 Å². The molecule has 0 amide bonds. The third kappa shape index (κ3) is 3.57. The molecule has 1 aliphatic rings. The second-order valence-corrected chi connectivity index (χ2v) is 6.04. The summed E-state index contributed by atoms with van der Waals surface area (Å²) in [7, 11) is 3.96. The summed E-state index contributed by atoms with van der Waals surface area (Å²) < 4.78 is 0. The Bertz CT molecular complexity index is 491. The Kier molecular flexibility index (Phi) is 4.76. The lowest BCUT2D eigenvalue weighted by molar-refractivity contribution is -0.142. The van der Waals surface area contributed by atoms with Crippen LogP contribution in [0.1, 0.15) is 25.7 Å². The van der Waals surface area contributed by atoms with Crippen LogP contribution < -0.4 is 10.2 Å². The van der Waals surface area contributed by atoms with Crippen LogP contribution in [0.2, 0.25) is 5.02 Å². The number of hydrogen-bond donors (Lipinski definition) is 2. The van der Waals surface area contributed by atoms with E-state index in [1.54, 1.807) is 0 Å². The van der Waals surface area contributed by atoms with E-state index in [0.717, 1.165) is 30.6 Å². The molecule has 1 aromatic rings. The van der Waals surface area contributed by atoms with Gasteiger partial charge in [-0.2, -0.15) is 0 Å². The molecule has 1 aromatic carbocycles.